The van der Waals surface area contributed by atoms with Crippen molar-refractivity contribution in [3.8, 4) is 0 Å². The number of nitrogens with zero attached hydrogens (tertiary/aromatic N) is 1. The molecule has 1 rings (SSSR count). The highest BCUT2D eigenvalue weighted by molar-refractivity contribution is 7.16. The van der Waals surface area contributed by atoms with Crippen LogP contribution < -0.4 is 4.90 Å². The molecule has 0 aromatic carbocycles. The normalized spacial score (nSPS) is 11.3. The van der Waals surface area contributed by atoms with Crippen LogP contribution in [0.15, 0.2) is 24.4 Å². The van der Waals surface area contributed by atoms with E-state index in [0.29, 0.717) is 11.6 Å². The summed E-state index contributed by atoms with van der Waals surface area (Å²) in [4.78, 5) is 3.36. The first-order chi connectivity index (χ1) is 7.00. The zero-order chi connectivity index (χ0) is 11.4. The summed E-state index contributed by atoms with van der Waals surface area (Å²) < 4.78 is 0. The third-order valence-corrected chi connectivity index (χ3v) is 3.26. The van der Waals surface area contributed by atoms with Crippen LogP contribution >= 0.6 is 11.3 Å². The van der Waals surface area contributed by atoms with Crippen molar-refractivity contribution < 1.29 is 0 Å². The van der Waals surface area contributed by atoms with Gasteiger partial charge in [0.25, 0.3) is 0 Å². The molecule has 15 heavy (non-hydrogen) atoms. The summed E-state index contributed by atoms with van der Waals surface area (Å²) in [5.41, 5.74) is 0.662. The smallest absolute Gasteiger partial charge is 0.0948 e. The fraction of sp³-hybridized carbons (Fsp3) is 0.417. The molecule has 0 atom stereocenters. The van der Waals surface area contributed by atoms with Crippen LogP contribution in [0.5, 0.6) is 0 Å². The van der Waals surface area contributed by atoms with Gasteiger partial charge in [-0.2, -0.15) is 0 Å². The highest BCUT2D eigenvalue weighted by Crippen LogP contribution is 2.24. The lowest BCUT2D eigenvalue weighted by molar-refractivity contribution is 0.881. The lowest BCUT2D eigenvalue weighted by Gasteiger charge is -2.11. The molecule has 1 heterocycles. The standard InChI is InChI=1S/C12H18N2S/c1-9(2)11(13)7-8-14(4)12-6-5-10(3)15-12/h5-9,13H,1-4H3/b8-7-,13-11?. The summed E-state index contributed by atoms with van der Waals surface area (Å²) >= 11 is 1.76. The van der Waals surface area contributed by atoms with Crippen LogP contribution in [0.1, 0.15) is 18.7 Å². The van der Waals surface area contributed by atoms with Crippen LogP contribution in [-0.4, -0.2) is 12.8 Å². The number of allylic oxidation sites excluding steroid dienone is 1. The zero-order valence-corrected chi connectivity index (χ0v) is 10.6. The second kappa shape index (κ2) is 5.12. The summed E-state index contributed by atoms with van der Waals surface area (Å²) in [7, 11) is 2.01. The first kappa shape index (κ1) is 12.0. The fourth-order valence-electron chi connectivity index (χ4n) is 1.07. The molecule has 0 aliphatic rings. The van der Waals surface area contributed by atoms with Crippen molar-refractivity contribution in [3.63, 3.8) is 0 Å². The predicted molar refractivity (Wildman–Crippen MR) is 69.2 cm³/mol. The Morgan fingerprint density at radius 3 is 2.60 bits per heavy atom. The summed E-state index contributed by atoms with van der Waals surface area (Å²) in [6, 6.07) is 4.21. The van der Waals surface area contributed by atoms with Gasteiger partial charge in [0, 0.05) is 23.8 Å². The van der Waals surface area contributed by atoms with E-state index in [9.17, 15) is 0 Å². The van der Waals surface area contributed by atoms with E-state index in [1.54, 1.807) is 11.3 Å². The van der Waals surface area contributed by atoms with E-state index in [4.69, 9.17) is 5.41 Å². The van der Waals surface area contributed by atoms with Gasteiger partial charge in [0.1, 0.15) is 0 Å². The average Bonchev–Trinajstić information content (AvgIpc) is 2.60. The molecule has 0 aliphatic carbocycles. The second-order valence-corrected chi connectivity index (χ2v) is 5.19. The SMILES string of the molecule is Cc1ccc(N(C)/C=C\C(=N)C(C)C)s1. The molecule has 0 aliphatic heterocycles. The number of anilines is 1. The van der Waals surface area contributed by atoms with Gasteiger partial charge in [-0.1, -0.05) is 13.8 Å². The van der Waals surface area contributed by atoms with E-state index >= 15 is 0 Å². The van der Waals surface area contributed by atoms with Gasteiger partial charge in [0.2, 0.25) is 0 Å². The Hall–Kier alpha value is -1.09. The maximum Gasteiger partial charge on any atom is 0.0948 e. The first-order valence-corrected chi connectivity index (χ1v) is 5.88. The average molecular weight is 222 g/mol. The molecule has 0 unspecified atom stereocenters. The molecule has 1 N–H and O–H groups in total. The maximum absolute atomic E-state index is 7.69. The van der Waals surface area contributed by atoms with E-state index in [-0.39, 0.29) is 0 Å². The molecule has 0 saturated heterocycles. The Morgan fingerprint density at radius 1 is 1.47 bits per heavy atom. The van der Waals surface area contributed by atoms with E-state index in [0.717, 1.165) is 0 Å². The Morgan fingerprint density at radius 2 is 2.13 bits per heavy atom. The largest absolute Gasteiger partial charge is 0.343 e. The van der Waals surface area contributed by atoms with Crippen molar-refractivity contribution in [2.45, 2.75) is 20.8 Å². The fourth-order valence-corrected chi connectivity index (χ4v) is 1.88. The highest BCUT2D eigenvalue weighted by Gasteiger charge is 2.01. The molecule has 0 amide bonds. The minimum Gasteiger partial charge on any atom is -0.343 e. The van der Waals surface area contributed by atoms with Gasteiger partial charge in [-0.25, -0.2) is 0 Å². The van der Waals surface area contributed by atoms with E-state index in [2.05, 4.69) is 24.0 Å². The number of thiophene rings is 1. The van der Waals surface area contributed by atoms with Crippen molar-refractivity contribution in [1.29, 1.82) is 5.41 Å². The van der Waals surface area contributed by atoms with Gasteiger partial charge in [-0.3, -0.25) is 0 Å². The molecule has 1 aromatic rings. The summed E-state index contributed by atoms with van der Waals surface area (Å²) in [6.07, 6.45) is 3.81. The third kappa shape index (κ3) is 3.51. The second-order valence-electron chi connectivity index (χ2n) is 3.92. The molecular formula is C12H18N2S. The van der Waals surface area contributed by atoms with Gasteiger partial charge in [-0.05, 0) is 31.1 Å². The van der Waals surface area contributed by atoms with Gasteiger partial charge >= 0.3 is 0 Å². The first-order valence-electron chi connectivity index (χ1n) is 5.06. The molecule has 1 aromatic heterocycles. The van der Waals surface area contributed by atoms with Crippen LogP contribution in [0.2, 0.25) is 0 Å². The van der Waals surface area contributed by atoms with Crippen LogP contribution in [0, 0.1) is 18.3 Å². The van der Waals surface area contributed by atoms with E-state index in [1.165, 1.54) is 9.88 Å². The Bertz CT molecular complexity index is 363. The van der Waals surface area contributed by atoms with Crippen LogP contribution in [0.25, 0.3) is 0 Å². The van der Waals surface area contributed by atoms with Gasteiger partial charge < -0.3 is 10.3 Å². The van der Waals surface area contributed by atoms with Gasteiger partial charge in [0.05, 0.1) is 5.00 Å². The Labute approximate surface area is 95.7 Å². The number of hydrogen-bond acceptors (Lipinski definition) is 3. The lowest BCUT2D eigenvalue weighted by atomic mass is 10.1. The molecule has 82 valence electrons. The van der Waals surface area contributed by atoms with Crippen LogP contribution in [0.4, 0.5) is 5.00 Å². The summed E-state index contributed by atoms with van der Waals surface area (Å²) in [6.45, 7) is 6.16. The number of nitrogens with one attached hydrogen (secondary N) is 1. The molecule has 0 bridgehead atoms. The molecule has 0 fully saturated rings. The van der Waals surface area contributed by atoms with Crippen molar-refractivity contribution in [3.05, 3.63) is 29.3 Å². The maximum atomic E-state index is 7.69. The molecule has 0 radical (unpaired) electrons. The summed E-state index contributed by atoms with van der Waals surface area (Å²) in [5.74, 6) is 0.291. The van der Waals surface area contributed by atoms with Crippen molar-refractivity contribution in [2.75, 3.05) is 11.9 Å². The Kier molecular flexibility index (Phi) is 4.09. The number of rotatable bonds is 4. The van der Waals surface area contributed by atoms with Crippen molar-refractivity contribution in [2.24, 2.45) is 5.92 Å². The molecular weight excluding hydrogens is 204 g/mol. The minimum atomic E-state index is 0.291. The molecule has 3 heteroatoms. The Balaban J connectivity index is 2.63. The van der Waals surface area contributed by atoms with E-state index < -0.39 is 0 Å². The van der Waals surface area contributed by atoms with Gasteiger partial charge in [-0.15, -0.1) is 11.3 Å². The quantitative estimate of drug-likeness (QED) is 0.773. The highest BCUT2D eigenvalue weighted by atomic mass is 32.1. The van der Waals surface area contributed by atoms with Crippen molar-refractivity contribution >= 4 is 22.0 Å². The topological polar surface area (TPSA) is 27.1 Å². The molecule has 0 spiro atoms. The summed E-state index contributed by atoms with van der Waals surface area (Å²) in [5, 5.41) is 8.90. The molecule has 0 saturated carbocycles. The molecule has 2 nitrogen and oxygen atoms in total. The number of aryl methyl sites for hydroxylation is 1. The predicted octanol–water partition coefficient (Wildman–Crippen LogP) is 3.68. The van der Waals surface area contributed by atoms with Crippen LogP contribution in [0.3, 0.4) is 0 Å². The monoisotopic (exact) mass is 222 g/mol. The van der Waals surface area contributed by atoms with Gasteiger partial charge in [0.15, 0.2) is 0 Å². The number of hydrogen-bond donors (Lipinski definition) is 1. The zero-order valence-electron chi connectivity index (χ0n) is 9.74. The third-order valence-electron chi connectivity index (χ3n) is 2.17. The van der Waals surface area contributed by atoms with E-state index in [1.807, 2.05) is 33.2 Å². The minimum absolute atomic E-state index is 0.291. The van der Waals surface area contributed by atoms with Crippen molar-refractivity contribution in [1.82, 2.24) is 0 Å². The van der Waals surface area contributed by atoms with Crippen LogP contribution in [-0.2, 0) is 0 Å². The lowest BCUT2D eigenvalue weighted by Crippen LogP contribution is -2.09.